The first-order valence-corrected chi connectivity index (χ1v) is 13.0. The van der Waals surface area contributed by atoms with Gasteiger partial charge in [0.15, 0.2) is 0 Å². The van der Waals surface area contributed by atoms with Crippen molar-refractivity contribution < 1.29 is 17.8 Å². The van der Waals surface area contributed by atoms with E-state index in [4.69, 9.17) is 4.55 Å². The molecule has 0 rings (SSSR count). The van der Waals surface area contributed by atoms with Crippen LogP contribution in [0.4, 0.5) is 0 Å². The fraction of sp³-hybridized carbons (Fsp3) is 0.783. The van der Waals surface area contributed by atoms with Gasteiger partial charge in [0.2, 0.25) is 5.91 Å². The number of hydrogen-bond acceptors (Lipinski definition) is 3. The number of carbonyl (C=O) groups is 1. The van der Waals surface area contributed by atoms with E-state index in [1.165, 1.54) is 62.7 Å². The van der Waals surface area contributed by atoms with Crippen LogP contribution in [0.2, 0.25) is 0 Å². The monoisotopic (exact) mass is 453 g/mol. The molecule has 0 aliphatic rings. The van der Waals surface area contributed by atoms with Crippen LogP contribution in [0, 0.1) is 0 Å². The zero-order chi connectivity index (χ0) is 21.8. The predicted octanol–water partition coefficient (Wildman–Crippen LogP) is 5.28. The molecule has 0 unspecified atom stereocenters. The molecule has 1 amide bonds. The minimum atomic E-state index is -4.06. The van der Waals surface area contributed by atoms with Gasteiger partial charge >= 0.3 is 29.6 Å². The van der Waals surface area contributed by atoms with Gasteiger partial charge in [-0.15, -0.1) is 6.58 Å². The van der Waals surface area contributed by atoms with Gasteiger partial charge in [0.1, 0.15) is 0 Å². The molecule has 1 N–H and O–H groups in total. The average Bonchev–Trinajstić information content (AvgIpc) is 2.67. The summed E-state index contributed by atoms with van der Waals surface area (Å²) < 4.78 is 30.6. The second-order valence-corrected chi connectivity index (χ2v) is 9.32. The van der Waals surface area contributed by atoms with Crippen LogP contribution >= 0.6 is 0 Å². The van der Waals surface area contributed by atoms with E-state index in [1.807, 2.05) is 0 Å². The van der Waals surface area contributed by atoms with Crippen molar-refractivity contribution in [2.75, 3.05) is 18.8 Å². The Labute approximate surface area is 207 Å². The van der Waals surface area contributed by atoms with Crippen LogP contribution in [0.1, 0.15) is 96.8 Å². The molecule has 5 nitrogen and oxygen atoms in total. The van der Waals surface area contributed by atoms with Crippen molar-refractivity contribution in [2.45, 2.75) is 96.8 Å². The van der Waals surface area contributed by atoms with Gasteiger partial charge < -0.3 is 4.90 Å². The third-order valence-corrected chi connectivity index (χ3v) is 5.67. The molecular weight excluding hydrogens is 409 g/mol. The molecule has 0 aliphatic carbocycles. The fourth-order valence-corrected chi connectivity index (χ4v) is 3.66. The molecule has 0 saturated carbocycles. The maximum atomic E-state index is 12.2. The Morgan fingerprint density at radius 2 is 1.40 bits per heavy atom. The van der Waals surface area contributed by atoms with Crippen LogP contribution in [0.3, 0.4) is 0 Å². The Hall–Kier alpha value is -0.140. The van der Waals surface area contributed by atoms with Gasteiger partial charge in [-0.2, -0.15) is 8.42 Å². The van der Waals surface area contributed by atoms with E-state index < -0.39 is 15.9 Å². The van der Waals surface area contributed by atoms with Gasteiger partial charge in [-0.3, -0.25) is 9.35 Å². The Morgan fingerprint density at radius 1 is 0.900 bits per heavy atom. The fourth-order valence-electron chi connectivity index (χ4n) is 3.20. The van der Waals surface area contributed by atoms with E-state index in [9.17, 15) is 13.2 Å². The number of amides is 1. The molecule has 0 radical (unpaired) electrons. The molecule has 0 aromatic carbocycles. The van der Waals surface area contributed by atoms with Crippen LogP contribution in [0.15, 0.2) is 24.8 Å². The molecule has 0 aliphatic heterocycles. The summed E-state index contributed by atoms with van der Waals surface area (Å²) in [6.45, 7) is 6.15. The molecular formula is C23H44NNaO4S. The molecule has 0 fully saturated rings. The van der Waals surface area contributed by atoms with Crippen molar-refractivity contribution in [2.24, 2.45) is 0 Å². The van der Waals surface area contributed by atoms with E-state index in [0.717, 1.165) is 25.7 Å². The second kappa shape index (κ2) is 22.1. The van der Waals surface area contributed by atoms with E-state index in [-0.39, 0.29) is 42.0 Å². The number of hydrogen-bond donors (Lipinski definition) is 1. The Balaban J connectivity index is 0. The van der Waals surface area contributed by atoms with E-state index in [0.29, 0.717) is 13.0 Å². The molecule has 0 heterocycles. The molecule has 7 heteroatoms. The van der Waals surface area contributed by atoms with Gasteiger partial charge in [0, 0.05) is 19.5 Å². The first-order valence-electron chi connectivity index (χ1n) is 11.4. The van der Waals surface area contributed by atoms with Crippen molar-refractivity contribution in [1.29, 1.82) is 0 Å². The van der Waals surface area contributed by atoms with E-state index in [1.54, 1.807) is 6.08 Å². The van der Waals surface area contributed by atoms with Crippen molar-refractivity contribution in [3.05, 3.63) is 24.8 Å². The maximum absolute atomic E-state index is 12.2. The molecule has 0 aromatic heterocycles. The predicted molar refractivity (Wildman–Crippen MR) is 130 cm³/mol. The van der Waals surface area contributed by atoms with Crippen LogP contribution in [-0.2, 0) is 14.9 Å². The van der Waals surface area contributed by atoms with Gasteiger partial charge in [-0.05, 0) is 32.1 Å². The van der Waals surface area contributed by atoms with Crippen LogP contribution in [0.25, 0.3) is 0 Å². The Bertz CT molecular complexity index is 549. The average molecular weight is 454 g/mol. The number of nitrogens with zero attached hydrogens (tertiary/aromatic N) is 1. The van der Waals surface area contributed by atoms with Crippen LogP contribution in [-0.4, -0.2) is 72.2 Å². The molecule has 0 spiro atoms. The SMILES string of the molecule is C=CCN(CCS(=O)(=O)O)C(=O)CCCCCCCC=CCCCCCCCC.[NaH]. The summed E-state index contributed by atoms with van der Waals surface area (Å²) in [5.41, 5.74) is 0. The molecule has 172 valence electrons. The summed E-state index contributed by atoms with van der Waals surface area (Å²) in [5, 5.41) is 0. The molecule has 30 heavy (non-hydrogen) atoms. The van der Waals surface area contributed by atoms with Gasteiger partial charge in [-0.1, -0.05) is 76.5 Å². The van der Waals surface area contributed by atoms with Gasteiger partial charge in [-0.25, -0.2) is 0 Å². The van der Waals surface area contributed by atoms with Crippen LogP contribution < -0.4 is 0 Å². The second-order valence-electron chi connectivity index (χ2n) is 7.75. The van der Waals surface area contributed by atoms with Crippen molar-refractivity contribution >= 4 is 45.6 Å². The topological polar surface area (TPSA) is 74.7 Å². The van der Waals surface area contributed by atoms with E-state index in [2.05, 4.69) is 25.7 Å². The van der Waals surface area contributed by atoms with E-state index >= 15 is 0 Å². The quantitative estimate of drug-likeness (QED) is 0.118. The van der Waals surface area contributed by atoms with Crippen molar-refractivity contribution in [1.82, 2.24) is 4.90 Å². The summed E-state index contributed by atoms with van der Waals surface area (Å²) in [4.78, 5) is 13.6. The zero-order valence-electron chi connectivity index (χ0n) is 18.5. The molecule has 0 atom stereocenters. The van der Waals surface area contributed by atoms with Crippen LogP contribution in [0.5, 0.6) is 0 Å². The first kappa shape index (κ1) is 32.0. The molecule has 0 saturated heterocycles. The number of carbonyl (C=O) groups excluding carboxylic acids is 1. The number of allylic oxidation sites excluding steroid dienone is 2. The van der Waals surface area contributed by atoms with Crippen molar-refractivity contribution in [3.8, 4) is 0 Å². The number of rotatable bonds is 20. The summed E-state index contributed by atoms with van der Waals surface area (Å²) in [7, 11) is -4.06. The standard InChI is InChI=1S/C23H43NO4S.Na.H/c1-3-5-6-7-8-9-10-11-12-13-14-15-16-17-18-19-23(25)24(20-4-2)21-22-29(26,27)28;;/h4,11-12H,2-3,5-10,13-22H2,1H3,(H,26,27,28);;. The summed E-state index contributed by atoms with van der Waals surface area (Å²) in [6.07, 6.45) is 22.3. The first-order chi connectivity index (χ1) is 13.9. The summed E-state index contributed by atoms with van der Waals surface area (Å²) in [6, 6.07) is 0. The molecule has 0 bridgehead atoms. The van der Waals surface area contributed by atoms with Crippen molar-refractivity contribution in [3.63, 3.8) is 0 Å². The van der Waals surface area contributed by atoms with Gasteiger partial charge in [0.05, 0.1) is 5.75 Å². The molecule has 0 aromatic rings. The zero-order valence-corrected chi connectivity index (χ0v) is 19.3. The number of unbranched alkanes of at least 4 members (excludes halogenated alkanes) is 11. The Morgan fingerprint density at radius 3 is 1.90 bits per heavy atom. The normalized spacial score (nSPS) is 11.4. The summed E-state index contributed by atoms with van der Waals surface area (Å²) >= 11 is 0. The summed E-state index contributed by atoms with van der Waals surface area (Å²) in [5.74, 6) is -0.509. The third-order valence-electron chi connectivity index (χ3n) is 4.97. The minimum absolute atomic E-state index is 0. The van der Waals surface area contributed by atoms with Gasteiger partial charge in [0.25, 0.3) is 10.1 Å². The third kappa shape index (κ3) is 22.5. The Kier molecular flexibility index (Phi) is 23.6.